The number of aryl methyl sites for hydroxylation is 2. The Morgan fingerprint density at radius 3 is 2.50 bits per heavy atom. The van der Waals surface area contributed by atoms with E-state index in [0.29, 0.717) is 29.1 Å². The fourth-order valence-electron chi connectivity index (χ4n) is 4.03. The monoisotopic (exact) mass is 464 g/mol. The molecule has 0 spiro atoms. The van der Waals surface area contributed by atoms with E-state index in [1.165, 1.54) is 0 Å². The van der Waals surface area contributed by atoms with E-state index >= 15 is 0 Å². The molecule has 1 atom stereocenters. The first-order chi connectivity index (χ1) is 16.2. The fraction of sp³-hybridized carbons (Fsp3) is 0.346. The second-order valence-electron chi connectivity index (χ2n) is 8.28. The van der Waals surface area contributed by atoms with Crippen LogP contribution in [0.3, 0.4) is 0 Å². The number of carbonyl (C=O) groups excluding carboxylic acids is 3. The van der Waals surface area contributed by atoms with Crippen LogP contribution in [0.2, 0.25) is 0 Å². The molecule has 4 amide bonds. The number of nitrogens with zero attached hydrogens (tertiary/aromatic N) is 1. The van der Waals surface area contributed by atoms with Gasteiger partial charge in [-0.25, -0.2) is 14.4 Å². The molecule has 0 aliphatic carbocycles. The number of urea groups is 2. The molecule has 8 heteroatoms. The Morgan fingerprint density at radius 1 is 1.06 bits per heavy atom. The van der Waals surface area contributed by atoms with Gasteiger partial charge < -0.3 is 20.7 Å². The third-order valence-corrected chi connectivity index (χ3v) is 5.65. The van der Waals surface area contributed by atoms with Crippen molar-refractivity contribution in [3.05, 3.63) is 70.4 Å². The van der Waals surface area contributed by atoms with Gasteiger partial charge in [-0.05, 0) is 63.4 Å². The summed E-state index contributed by atoms with van der Waals surface area (Å²) in [7, 11) is 0. The Kier molecular flexibility index (Phi) is 7.94. The van der Waals surface area contributed by atoms with E-state index in [1.54, 1.807) is 43.0 Å². The topological polar surface area (TPSA) is 99.8 Å². The summed E-state index contributed by atoms with van der Waals surface area (Å²) in [6.07, 6.45) is 0.751. The van der Waals surface area contributed by atoms with Crippen LogP contribution in [0.15, 0.2) is 53.7 Å². The highest BCUT2D eigenvalue weighted by Gasteiger charge is 2.36. The second-order valence-corrected chi connectivity index (χ2v) is 8.28. The van der Waals surface area contributed by atoms with Crippen LogP contribution in [0.1, 0.15) is 49.9 Å². The number of nitrogens with one attached hydrogen (secondary N) is 3. The Hall–Kier alpha value is -3.81. The molecular weight excluding hydrogens is 432 g/mol. The van der Waals surface area contributed by atoms with Gasteiger partial charge in [-0.1, -0.05) is 36.8 Å². The third kappa shape index (κ3) is 5.57. The number of allylic oxidation sites excluding steroid dienone is 1. The molecule has 1 heterocycles. The average molecular weight is 465 g/mol. The van der Waals surface area contributed by atoms with Gasteiger partial charge in [0.2, 0.25) is 0 Å². The summed E-state index contributed by atoms with van der Waals surface area (Å²) in [6, 6.07) is 11.5. The molecule has 180 valence electrons. The Morgan fingerprint density at radius 2 is 1.82 bits per heavy atom. The van der Waals surface area contributed by atoms with E-state index in [0.717, 1.165) is 23.2 Å². The summed E-state index contributed by atoms with van der Waals surface area (Å²) in [5.74, 6) is -0.475. The molecule has 0 radical (unpaired) electrons. The van der Waals surface area contributed by atoms with Crippen molar-refractivity contribution in [2.24, 2.45) is 0 Å². The van der Waals surface area contributed by atoms with Crippen LogP contribution in [-0.4, -0.2) is 36.1 Å². The van der Waals surface area contributed by atoms with Crippen molar-refractivity contribution in [3.8, 4) is 0 Å². The summed E-state index contributed by atoms with van der Waals surface area (Å²) in [4.78, 5) is 39.8. The predicted molar refractivity (Wildman–Crippen MR) is 133 cm³/mol. The second kappa shape index (κ2) is 10.9. The zero-order valence-corrected chi connectivity index (χ0v) is 20.3. The number of esters is 1. The zero-order chi connectivity index (χ0) is 24.8. The lowest BCUT2D eigenvalue weighted by atomic mass is 9.94. The molecule has 8 nitrogen and oxygen atoms in total. The highest BCUT2D eigenvalue weighted by Crippen LogP contribution is 2.32. The first-order valence-electron chi connectivity index (χ1n) is 11.5. The van der Waals surface area contributed by atoms with E-state index in [2.05, 4.69) is 16.0 Å². The van der Waals surface area contributed by atoms with Crippen LogP contribution in [0.25, 0.3) is 0 Å². The molecule has 1 aliphatic heterocycles. The van der Waals surface area contributed by atoms with Crippen LogP contribution in [0, 0.1) is 13.8 Å². The van der Waals surface area contributed by atoms with Crippen molar-refractivity contribution in [1.82, 2.24) is 10.2 Å². The van der Waals surface area contributed by atoms with Gasteiger partial charge in [0, 0.05) is 23.6 Å². The maximum absolute atomic E-state index is 12.8. The Bertz CT molecular complexity index is 1130. The number of anilines is 2. The number of rotatable bonds is 7. The molecule has 1 unspecified atom stereocenters. The maximum atomic E-state index is 12.8. The van der Waals surface area contributed by atoms with Gasteiger partial charge in [-0.15, -0.1) is 0 Å². The number of carbonyl (C=O) groups is 3. The SMILES string of the molecule is CCCN1C(=O)NC(c2cccc(NC(=O)Nc3ccc(C)cc3C)c2)C(C(=O)OCC)=C1C. The van der Waals surface area contributed by atoms with Gasteiger partial charge in [0.05, 0.1) is 18.2 Å². The predicted octanol–water partition coefficient (Wildman–Crippen LogP) is 5.26. The quantitative estimate of drug-likeness (QED) is 0.487. The lowest BCUT2D eigenvalue weighted by molar-refractivity contribution is -0.139. The summed E-state index contributed by atoms with van der Waals surface area (Å²) in [6.45, 7) is 10.1. The van der Waals surface area contributed by atoms with Crippen molar-refractivity contribution in [1.29, 1.82) is 0 Å². The maximum Gasteiger partial charge on any atom is 0.338 e. The lowest BCUT2D eigenvalue weighted by Gasteiger charge is -2.35. The largest absolute Gasteiger partial charge is 0.463 e. The van der Waals surface area contributed by atoms with Crippen LogP contribution in [-0.2, 0) is 9.53 Å². The van der Waals surface area contributed by atoms with Crippen LogP contribution in [0.4, 0.5) is 21.0 Å². The van der Waals surface area contributed by atoms with Gasteiger partial charge in [-0.2, -0.15) is 0 Å². The molecule has 34 heavy (non-hydrogen) atoms. The van der Waals surface area contributed by atoms with E-state index in [9.17, 15) is 14.4 Å². The normalized spacial score (nSPS) is 15.6. The molecule has 0 aromatic heterocycles. The van der Waals surface area contributed by atoms with Crippen molar-refractivity contribution < 1.29 is 19.1 Å². The van der Waals surface area contributed by atoms with E-state index in [1.807, 2.05) is 39.0 Å². The minimum Gasteiger partial charge on any atom is -0.463 e. The zero-order valence-electron chi connectivity index (χ0n) is 20.3. The molecule has 2 aromatic carbocycles. The van der Waals surface area contributed by atoms with Crippen LogP contribution >= 0.6 is 0 Å². The molecule has 0 saturated carbocycles. The van der Waals surface area contributed by atoms with Crippen molar-refractivity contribution in [2.75, 3.05) is 23.8 Å². The van der Waals surface area contributed by atoms with Gasteiger partial charge in [0.25, 0.3) is 0 Å². The minimum atomic E-state index is -0.691. The van der Waals surface area contributed by atoms with E-state index in [-0.39, 0.29) is 18.7 Å². The van der Waals surface area contributed by atoms with E-state index < -0.39 is 12.0 Å². The Labute approximate surface area is 200 Å². The number of ether oxygens (including phenoxy) is 1. The highest BCUT2D eigenvalue weighted by atomic mass is 16.5. The van der Waals surface area contributed by atoms with Gasteiger partial charge in [0.1, 0.15) is 0 Å². The van der Waals surface area contributed by atoms with Crippen molar-refractivity contribution in [3.63, 3.8) is 0 Å². The lowest BCUT2D eigenvalue weighted by Crippen LogP contribution is -2.48. The van der Waals surface area contributed by atoms with Gasteiger partial charge in [-0.3, -0.25) is 4.90 Å². The molecule has 0 saturated heterocycles. The first kappa shape index (κ1) is 24.8. The molecule has 1 aliphatic rings. The summed E-state index contributed by atoms with van der Waals surface area (Å²) < 4.78 is 5.29. The molecule has 0 bridgehead atoms. The highest BCUT2D eigenvalue weighted by molar-refractivity contribution is 6.00. The van der Waals surface area contributed by atoms with Gasteiger partial charge >= 0.3 is 18.0 Å². The van der Waals surface area contributed by atoms with Crippen molar-refractivity contribution in [2.45, 2.75) is 47.1 Å². The molecule has 2 aromatic rings. The third-order valence-electron chi connectivity index (χ3n) is 5.65. The molecular formula is C26H32N4O4. The minimum absolute atomic E-state index is 0.226. The van der Waals surface area contributed by atoms with Crippen LogP contribution in [0.5, 0.6) is 0 Å². The smallest absolute Gasteiger partial charge is 0.338 e. The van der Waals surface area contributed by atoms with E-state index in [4.69, 9.17) is 4.74 Å². The number of hydrogen-bond donors (Lipinski definition) is 3. The Balaban J connectivity index is 1.87. The molecule has 3 N–H and O–H groups in total. The summed E-state index contributed by atoms with van der Waals surface area (Å²) in [5, 5.41) is 8.60. The standard InChI is InChI=1S/C26H32N4O4/c1-6-13-30-18(5)22(24(31)34-7-2)23(29-26(30)33)19-9-8-10-20(15-19)27-25(32)28-21-12-11-16(3)14-17(21)4/h8-12,14-15,23H,6-7,13H2,1-5H3,(H,29,33)(H2,27,28,32). The average Bonchev–Trinajstić information content (AvgIpc) is 2.78. The van der Waals surface area contributed by atoms with Crippen LogP contribution < -0.4 is 16.0 Å². The fourth-order valence-corrected chi connectivity index (χ4v) is 4.03. The molecule has 0 fully saturated rings. The van der Waals surface area contributed by atoms with Crippen molar-refractivity contribution >= 4 is 29.4 Å². The molecule has 3 rings (SSSR count). The number of hydrogen-bond acceptors (Lipinski definition) is 4. The number of amides is 4. The summed E-state index contributed by atoms with van der Waals surface area (Å²) >= 11 is 0. The first-order valence-corrected chi connectivity index (χ1v) is 11.5. The summed E-state index contributed by atoms with van der Waals surface area (Å²) in [5.41, 5.74) is 4.95. The van der Waals surface area contributed by atoms with Gasteiger partial charge in [0.15, 0.2) is 0 Å². The number of benzene rings is 2.